The molecule has 4 rings (SSSR count). The van der Waals surface area contributed by atoms with Gasteiger partial charge in [-0.1, -0.05) is 6.42 Å². The van der Waals surface area contributed by atoms with Crippen LogP contribution in [0.5, 0.6) is 5.88 Å². The number of Topliss-reactive ketones (excluding diaryl/α,β-unsaturated/α-hetero) is 2. The highest BCUT2D eigenvalue weighted by Gasteiger charge is 2.49. The second kappa shape index (κ2) is 10.9. The van der Waals surface area contributed by atoms with Gasteiger partial charge in [-0.25, -0.2) is 4.98 Å². The van der Waals surface area contributed by atoms with Crippen LogP contribution in [-0.4, -0.2) is 71.1 Å². The third-order valence-corrected chi connectivity index (χ3v) is 7.82. The minimum Gasteiger partial charge on any atom is -0.473 e. The van der Waals surface area contributed by atoms with E-state index < -0.39 is 5.41 Å². The number of rotatable bonds is 7. The number of nitrogens with zero attached hydrogens (tertiary/aromatic N) is 4. The molecule has 0 bridgehead atoms. The molecule has 4 N–H and O–H groups in total. The van der Waals surface area contributed by atoms with Crippen LogP contribution in [-0.2, 0) is 9.59 Å². The van der Waals surface area contributed by atoms with Gasteiger partial charge < -0.3 is 15.9 Å². The molecular formula is C26H37N7O3. The summed E-state index contributed by atoms with van der Waals surface area (Å²) >= 11 is 0. The number of nitrogens with one attached hydrogen (secondary N) is 2. The molecule has 3 aliphatic rings. The van der Waals surface area contributed by atoms with Gasteiger partial charge >= 0.3 is 0 Å². The third-order valence-electron chi connectivity index (χ3n) is 7.82. The Balaban J connectivity index is 1.71. The van der Waals surface area contributed by atoms with Crippen LogP contribution in [0.25, 0.3) is 5.70 Å². The first-order valence-electron chi connectivity index (χ1n) is 12.9. The van der Waals surface area contributed by atoms with E-state index in [9.17, 15) is 9.59 Å². The number of likely N-dealkylation sites (tertiary alicyclic amines) is 1. The molecule has 36 heavy (non-hydrogen) atoms. The quantitative estimate of drug-likeness (QED) is 0.226. The standard InChI is InChI=1S/C26H37N7O3/c1-16(20-9-7-13-33(20)3)36-22-14-19(18(27)15-30-29-2)31-25(32-22)23(28)17-8-6-12-26(24(17)35)11-5-4-10-21(26)34/h14-16,20,27,29H,4-13,28H2,1-3H3/b23-17?,27-18?,30-15-/t16-,20-,26+/m0/s1. The number of hydrogen-bond acceptors (Lipinski definition) is 10. The second-order valence-electron chi connectivity index (χ2n) is 10.1. The lowest BCUT2D eigenvalue weighted by Gasteiger charge is -2.38. The van der Waals surface area contributed by atoms with Crippen LogP contribution < -0.4 is 15.9 Å². The first-order chi connectivity index (χ1) is 17.3. The summed E-state index contributed by atoms with van der Waals surface area (Å²) in [6.07, 6.45) is 7.84. The van der Waals surface area contributed by atoms with Crippen LogP contribution in [0.2, 0.25) is 0 Å². The molecule has 1 aliphatic heterocycles. The lowest BCUT2D eigenvalue weighted by Crippen LogP contribution is -2.45. The maximum absolute atomic E-state index is 13.6. The Kier molecular flexibility index (Phi) is 7.82. The monoisotopic (exact) mass is 495 g/mol. The van der Waals surface area contributed by atoms with Gasteiger partial charge in [-0.15, -0.1) is 0 Å². The zero-order valence-corrected chi connectivity index (χ0v) is 21.5. The highest BCUT2D eigenvalue weighted by molar-refractivity contribution is 6.36. The lowest BCUT2D eigenvalue weighted by molar-refractivity contribution is -0.143. The van der Waals surface area contributed by atoms with E-state index in [0.717, 1.165) is 32.2 Å². The number of likely N-dealkylation sites (N-methyl/N-ethyl adjacent to an activating group) is 1. The number of carbonyl (C=O) groups is 2. The predicted octanol–water partition coefficient (Wildman–Crippen LogP) is 2.46. The van der Waals surface area contributed by atoms with Crippen LogP contribution in [0.3, 0.4) is 0 Å². The number of carbonyl (C=O) groups excluding carboxylic acids is 2. The highest BCUT2D eigenvalue weighted by atomic mass is 16.5. The molecule has 1 saturated heterocycles. The summed E-state index contributed by atoms with van der Waals surface area (Å²) in [5.41, 5.74) is 9.14. The molecule has 0 unspecified atom stereocenters. The van der Waals surface area contributed by atoms with Crippen molar-refractivity contribution >= 4 is 29.2 Å². The largest absolute Gasteiger partial charge is 0.473 e. The number of allylic oxidation sites excluding steroid dienone is 1. The van der Waals surface area contributed by atoms with Crippen LogP contribution in [0.15, 0.2) is 16.7 Å². The van der Waals surface area contributed by atoms with Gasteiger partial charge in [0.1, 0.15) is 11.9 Å². The van der Waals surface area contributed by atoms with Crippen molar-refractivity contribution in [1.29, 1.82) is 5.41 Å². The van der Waals surface area contributed by atoms with Gasteiger partial charge in [0, 0.05) is 31.1 Å². The van der Waals surface area contributed by atoms with E-state index in [0.29, 0.717) is 43.6 Å². The molecule has 3 atom stereocenters. The van der Waals surface area contributed by atoms with E-state index in [-0.39, 0.29) is 46.6 Å². The SMILES string of the molecule is CN/N=C\C(=N)c1cc(O[C@@H](C)[C@@H]2CCCN2C)nc(C(N)=C2CCC[C@@]3(CCCCC3=O)C2=O)n1. The maximum atomic E-state index is 13.6. The first-order valence-corrected chi connectivity index (χ1v) is 12.9. The van der Waals surface area contributed by atoms with Crippen molar-refractivity contribution in [2.75, 3.05) is 20.6 Å². The Morgan fingerprint density at radius 1 is 1.28 bits per heavy atom. The van der Waals surface area contributed by atoms with Crippen LogP contribution in [0.1, 0.15) is 76.2 Å². The second-order valence-corrected chi connectivity index (χ2v) is 10.1. The summed E-state index contributed by atoms with van der Waals surface area (Å²) in [4.78, 5) is 37.8. The zero-order valence-electron chi connectivity index (χ0n) is 21.5. The Morgan fingerprint density at radius 3 is 2.75 bits per heavy atom. The van der Waals surface area contributed by atoms with E-state index in [2.05, 4.69) is 32.4 Å². The van der Waals surface area contributed by atoms with Crippen molar-refractivity contribution in [1.82, 2.24) is 20.3 Å². The van der Waals surface area contributed by atoms with Gasteiger partial charge in [0.05, 0.1) is 28.7 Å². The van der Waals surface area contributed by atoms with Gasteiger partial charge in [0.25, 0.3) is 0 Å². The Morgan fingerprint density at radius 2 is 2.06 bits per heavy atom. The normalized spacial score (nSPS) is 27.5. The molecule has 10 nitrogen and oxygen atoms in total. The average Bonchev–Trinajstić information content (AvgIpc) is 3.31. The van der Waals surface area contributed by atoms with E-state index in [1.165, 1.54) is 6.21 Å². The minimum absolute atomic E-state index is 0.0296. The summed E-state index contributed by atoms with van der Waals surface area (Å²) in [7, 11) is 3.72. The summed E-state index contributed by atoms with van der Waals surface area (Å²) in [6.45, 7) is 3.03. The van der Waals surface area contributed by atoms with Gasteiger partial charge in [0.2, 0.25) is 5.88 Å². The predicted molar refractivity (Wildman–Crippen MR) is 138 cm³/mol. The molecule has 2 aliphatic carbocycles. The minimum atomic E-state index is -0.957. The van der Waals surface area contributed by atoms with Crippen LogP contribution in [0.4, 0.5) is 0 Å². The van der Waals surface area contributed by atoms with Crippen molar-refractivity contribution in [3.05, 3.63) is 23.2 Å². The van der Waals surface area contributed by atoms with Gasteiger partial charge in [0.15, 0.2) is 11.6 Å². The zero-order chi connectivity index (χ0) is 25.9. The lowest BCUT2D eigenvalue weighted by atomic mass is 9.62. The van der Waals surface area contributed by atoms with Gasteiger partial charge in [-0.3, -0.25) is 19.9 Å². The summed E-state index contributed by atoms with van der Waals surface area (Å²) in [6, 6.07) is 1.86. The third kappa shape index (κ3) is 5.04. The number of ketones is 2. The summed E-state index contributed by atoms with van der Waals surface area (Å²) in [5.74, 6) is 0.281. The molecule has 0 amide bonds. The molecule has 1 aromatic heterocycles. The van der Waals surface area contributed by atoms with E-state index in [1.54, 1.807) is 13.1 Å². The van der Waals surface area contributed by atoms with Crippen molar-refractivity contribution in [3.63, 3.8) is 0 Å². The Bertz CT molecular complexity index is 1100. The number of nitrogens with two attached hydrogens (primary N) is 1. The van der Waals surface area contributed by atoms with E-state index in [1.807, 2.05) is 6.92 Å². The number of hydrazone groups is 1. The molecule has 2 saturated carbocycles. The average molecular weight is 496 g/mol. The molecule has 2 heterocycles. The summed E-state index contributed by atoms with van der Waals surface area (Å²) in [5, 5.41) is 12.3. The first kappa shape index (κ1) is 25.9. The molecule has 1 aromatic rings. The van der Waals surface area contributed by atoms with Crippen molar-refractivity contribution in [2.24, 2.45) is 16.3 Å². The molecule has 1 spiro atoms. The van der Waals surface area contributed by atoms with Crippen LogP contribution >= 0.6 is 0 Å². The maximum Gasteiger partial charge on any atom is 0.217 e. The van der Waals surface area contributed by atoms with Crippen molar-refractivity contribution < 1.29 is 14.3 Å². The number of ether oxygens (including phenoxy) is 1. The fourth-order valence-electron chi connectivity index (χ4n) is 5.81. The Labute approximate surface area is 212 Å². The number of aromatic nitrogens is 2. The fraction of sp³-hybridized carbons (Fsp3) is 0.615. The molecule has 0 radical (unpaired) electrons. The topological polar surface area (TPSA) is 147 Å². The van der Waals surface area contributed by atoms with E-state index >= 15 is 0 Å². The molecule has 194 valence electrons. The van der Waals surface area contributed by atoms with Gasteiger partial charge in [-0.05, 0) is 65.5 Å². The molecule has 0 aromatic carbocycles. The smallest absolute Gasteiger partial charge is 0.217 e. The highest BCUT2D eigenvalue weighted by Crippen LogP contribution is 2.45. The van der Waals surface area contributed by atoms with E-state index in [4.69, 9.17) is 15.9 Å². The van der Waals surface area contributed by atoms with Gasteiger partial charge in [-0.2, -0.15) is 10.1 Å². The van der Waals surface area contributed by atoms with Crippen molar-refractivity contribution in [3.8, 4) is 5.88 Å². The summed E-state index contributed by atoms with van der Waals surface area (Å²) < 4.78 is 6.23. The molecular weight excluding hydrogens is 458 g/mol. The number of hydrogen-bond donors (Lipinski definition) is 3. The van der Waals surface area contributed by atoms with Crippen molar-refractivity contribution in [2.45, 2.75) is 76.9 Å². The van der Waals surface area contributed by atoms with Crippen LogP contribution in [0, 0.1) is 10.8 Å². The molecule has 10 heteroatoms. The fourth-order valence-corrected chi connectivity index (χ4v) is 5.81. The Hall–Kier alpha value is -3.14. The molecule has 3 fully saturated rings.